The van der Waals surface area contributed by atoms with Crippen molar-refractivity contribution < 1.29 is 23.8 Å². The Kier molecular flexibility index (Phi) is 9.33. The lowest BCUT2D eigenvalue weighted by Gasteiger charge is -2.15. The van der Waals surface area contributed by atoms with Gasteiger partial charge in [-0.3, -0.25) is 10.1 Å². The number of tetrazole rings is 1. The van der Waals surface area contributed by atoms with Crippen LogP contribution in [0.4, 0.5) is 5.95 Å². The fourth-order valence-corrected chi connectivity index (χ4v) is 3.09. The lowest BCUT2D eigenvalue weighted by molar-refractivity contribution is -0.136. The van der Waals surface area contributed by atoms with E-state index in [2.05, 4.69) is 25.9 Å². The second-order valence-electron chi connectivity index (χ2n) is 6.75. The first-order valence-electron chi connectivity index (χ1n) is 9.81. The average Bonchev–Trinajstić information content (AvgIpc) is 3.36. The number of carbonyl (C=O) groups is 2. The van der Waals surface area contributed by atoms with E-state index in [-0.39, 0.29) is 29.5 Å². The molecule has 0 radical (unpaired) electrons. The highest BCUT2D eigenvalue weighted by Crippen LogP contribution is 2.32. The Morgan fingerprint density at radius 3 is 2.18 bits per heavy atom. The number of nitrogens with zero attached hydrogens (tertiary/aromatic N) is 3. The molecular weight excluding hydrogens is 462 g/mol. The molecule has 0 spiro atoms. The number of halogens is 1. The van der Waals surface area contributed by atoms with Gasteiger partial charge in [-0.05, 0) is 47.0 Å². The fraction of sp³-hybridized carbons (Fsp3) is 0.174. The molecule has 1 aromatic heterocycles. The van der Waals surface area contributed by atoms with Gasteiger partial charge in [0.05, 0.1) is 32.5 Å². The molecule has 0 bridgehead atoms. The lowest BCUT2D eigenvalue weighted by Crippen LogP contribution is -2.21. The summed E-state index contributed by atoms with van der Waals surface area (Å²) in [6.45, 7) is 1.71. The molecule has 3 rings (SSSR count). The third kappa shape index (κ3) is 6.20. The van der Waals surface area contributed by atoms with Crippen LogP contribution in [0.5, 0.6) is 11.5 Å². The topological polar surface area (TPSA) is 128 Å². The molecule has 3 aromatic rings. The van der Waals surface area contributed by atoms with Crippen molar-refractivity contribution in [3.8, 4) is 11.5 Å². The third-order valence-electron chi connectivity index (χ3n) is 4.74. The van der Waals surface area contributed by atoms with Crippen molar-refractivity contribution in [2.45, 2.75) is 6.92 Å². The molecule has 1 amide bonds. The van der Waals surface area contributed by atoms with Crippen molar-refractivity contribution in [3.63, 3.8) is 0 Å². The first-order valence-corrected chi connectivity index (χ1v) is 9.81. The van der Waals surface area contributed by atoms with Gasteiger partial charge in [0.25, 0.3) is 11.9 Å². The van der Waals surface area contributed by atoms with E-state index in [4.69, 9.17) is 14.2 Å². The molecule has 34 heavy (non-hydrogen) atoms. The standard InChI is InChI=1S/C23H23N5O5.ClH/c1-14(16-11-17(31-2)13-18(12-16)32-3)20(22(30)33-4)19(10-15-8-6-5-7-9-15)21(29)24-23-25-27-28-26-23;/h5-13H,1-4H3,(H2,24,25,26,27,28,29);1H/b19-10+,20-14-;. The fourth-order valence-electron chi connectivity index (χ4n) is 3.09. The molecule has 2 aromatic carbocycles. The van der Waals surface area contributed by atoms with Crippen LogP contribution in [0.3, 0.4) is 0 Å². The van der Waals surface area contributed by atoms with E-state index < -0.39 is 11.9 Å². The number of nitrogens with one attached hydrogen (secondary N) is 2. The monoisotopic (exact) mass is 485 g/mol. The number of amides is 1. The Balaban J connectivity index is 0.00000408. The predicted molar refractivity (Wildman–Crippen MR) is 129 cm³/mol. The Labute approximate surface area is 202 Å². The summed E-state index contributed by atoms with van der Waals surface area (Å²) in [6.07, 6.45) is 1.59. The smallest absolute Gasteiger partial charge is 0.338 e. The summed E-state index contributed by atoms with van der Waals surface area (Å²) in [5.41, 5.74) is 1.89. The van der Waals surface area contributed by atoms with E-state index in [1.54, 1.807) is 43.3 Å². The van der Waals surface area contributed by atoms with Gasteiger partial charge in [-0.15, -0.1) is 17.5 Å². The molecule has 2 N–H and O–H groups in total. The zero-order chi connectivity index (χ0) is 23.8. The highest BCUT2D eigenvalue weighted by Gasteiger charge is 2.26. The van der Waals surface area contributed by atoms with E-state index in [9.17, 15) is 9.59 Å². The van der Waals surface area contributed by atoms with Gasteiger partial charge in [0.2, 0.25) is 0 Å². The third-order valence-corrected chi connectivity index (χ3v) is 4.74. The molecule has 178 valence electrons. The molecule has 0 aliphatic heterocycles. The van der Waals surface area contributed by atoms with Crippen molar-refractivity contribution in [2.75, 3.05) is 26.6 Å². The average molecular weight is 486 g/mol. The number of aromatic nitrogens is 4. The molecule has 0 atom stereocenters. The number of aromatic amines is 1. The van der Waals surface area contributed by atoms with E-state index in [1.165, 1.54) is 21.3 Å². The summed E-state index contributed by atoms with van der Waals surface area (Å²) < 4.78 is 15.7. The summed E-state index contributed by atoms with van der Waals surface area (Å²) >= 11 is 0. The van der Waals surface area contributed by atoms with Crippen molar-refractivity contribution in [1.82, 2.24) is 20.6 Å². The van der Waals surface area contributed by atoms with Crippen LogP contribution in [0.15, 0.2) is 59.7 Å². The summed E-state index contributed by atoms with van der Waals surface area (Å²) in [4.78, 5) is 26.2. The largest absolute Gasteiger partial charge is 0.497 e. The maximum Gasteiger partial charge on any atom is 0.338 e. The van der Waals surface area contributed by atoms with E-state index in [0.717, 1.165) is 0 Å². The van der Waals surface area contributed by atoms with Crippen molar-refractivity contribution >= 4 is 41.9 Å². The van der Waals surface area contributed by atoms with Gasteiger partial charge < -0.3 is 14.2 Å². The molecule has 0 fully saturated rings. The normalized spacial score (nSPS) is 11.6. The summed E-state index contributed by atoms with van der Waals surface area (Å²) in [5.74, 6) is -0.297. The minimum atomic E-state index is -0.695. The number of ether oxygens (including phenoxy) is 3. The van der Waals surface area contributed by atoms with Crippen LogP contribution in [-0.2, 0) is 14.3 Å². The number of hydrogen-bond donors (Lipinski definition) is 2. The second-order valence-corrected chi connectivity index (χ2v) is 6.75. The number of H-pyrrole nitrogens is 1. The van der Waals surface area contributed by atoms with Crippen LogP contribution in [0.25, 0.3) is 11.6 Å². The Morgan fingerprint density at radius 1 is 1.00 bits per heavy atom. The van der Waals surface area contributed by atoms with Crippen LogP contribution in [0, 0.1) is 0 Å². The van der Waals surface area contributed by atoms with Gasteiger partial charge in [0.15, 0.2) is 0 Å². The molecule has 11 heteroatoms. The van der Waals surface area contributed by atoms with Gasteiger partial charge in [-0.1, -0.05) is 35.4 Å². The number of methoxy groups -OCH3 is 3. The highest BCUT2D eigenvalue weighted by molar-refractivity contribution is 6.19. The quantitative estimate of drug-likeness (QED) is 0.282. The summed E-state index contributed by atoms with van der Waals surface area (Å²) in [7, 11) is 4.30. The first-order chi connectivity index (χ1) is 16.0. The molecule has 0 unspecified atom stereocenters. The van der Waals surface area contributed by atoms with Gasteiger partial charge in [-0.2, -0.15) is 5.21 Å². The van der Waals surface area contributed by atoms with Gasteiger partial charge in [0.1, 0.15) is 11.5 Å². The number of allylic oxidation sites excluding steroid dienone is 1. The number of benzene rings is 2. The van der Waals surface area contributed by atoms with Gasteiger partial charge in [-0.25, -0.2) is 4.79 Å². The van der Waals surface area contributed by atoms with Crippen LogP contribution >= 0.6 is 12.4 Å². The van der Waals surface area contributed by atoms with Gasteiger partial charge in [0, 0.05) is 6.07 Å². The number of rotatable bonds is 8. The Bertz CT molecular complexity index is 1170. The van der Waals surface area contributed by atoms with Crippen molar-refractivity contribution in [2.24, 2.45) is 0 Å². The molecule has 0 saturated heterocycles. The number of carbonyl (C=O) groups excluding carboxylic acids is 2. The van der Waals surface area contributed by atoms with Crippen molar-refractivity contribution in [1.29, 1.82) is 0 Å². The van der Waals surface area contributed by atoms with E-state index in [1.807, 2.05) is 18.2 Å². The van der Waals surface area contributed by atoms with Gasteiger partial charge >= 0.3 is 5.97 Å². The minimum absolute atomic E-state index is 0. The van der Waals surface area contributed by atoms with Crippen LogP contribution in [0.2, 0.25) is 0 Å². The molecular formula is C23H24ClN5O5. The Morgan fingerprint density at radius 2 is 1.65 bits per heavy atom. The predicted octanol–water partition coefficient (Wildman–Crippen LogP) is 3.31. The molecule has 0 aliphatic rings. The zero-order valence-corrected chi connectivity index (χ0v) is 19.8. The SMILES string of the molecule is COC(=O)C(=C(/C)c1cc(OC)cc(OC)c1)/C(=C\c1ccccc1)C(=O)Nc1nn[nH]n1.Cl. The summed E-state index contributed by atoms with van der Waals surface area (Å²) in [6, 6.07) is 14.3. The summed E-state index contributed by atoms with van der Waals surface area (Å²) in [5, 5.41) is 15.7. The van der Waals surface area contributed by atoms with Crippen LogP contribution in [-0.4, -0.2) is 53.8 Å². The number of hydrogen-bond acceptors (Lipinski definition) is 8. The maximum absolute atomic E-state index is 13.3. The molecule has 1 heterocycles. The van der Waals surface area contributed by atoms with Crippen molar-refractivity contribution in [3.05, 3.63) is 70.8 Å². The zero-order valence-electron chi connectivity index (χ0n) is 19.0. The first kappa shape index (κ1) is 26.1. The minimum Gasteiger partial charge on any atom is -0.497 e. The maximum atomic E-state index is 13.3. The number of anilines is 1. The lowest BCUT2D eigenvalue weighted by atomic mass is 9.93. The molecule has 10 nitrogen and oxygen atoms in total. The Hall–Kier alpha value is -4.18. The highest BCUT2D eigenvalue weighted by atomic mass is 35.5. The van der Waals surface area contributed by atoms with Crippen LogP contribution in [0.1, 0.15) is 18.1 Å². The van der Waals surface area contributed by atoms with E-state index in [0.29, 0.717) is 28.2 Å². The molecule has 0 saturated carbocycles. The number of esters is 1. The second kappa shape index (κ2) is 12.2. The van der Waals surface area contributed by atoms with Crippen LogP contribution < -0.4 is 14.8 Å². The van der Waals surface area contributed by atoms with E-state index >= 15 is 0 Å². The molecule has 0 aliphatic carbocycles.